The highest BCUT2D eigenvalue weighted by Crippen LogP contribution is 2.32. The van der Waals surface area contributed by atoms with Crippen molar-refractivity contribution < 1.29 is 5.11 Å². The highest BCUT2D eigenvalue weighted by atomic mass is 16.3. The number of aliphatic imine (C=N–C) groups is 1. The molecule has 4 nitrogen and oxygen atoms in total. The molecule has 4 heteroatoms. The number of rotatable bonds is 1. The minimum atomic E-state index is -0.295. The van der Waals surface area contributed by atoms with Crippen molar-refractivity contribution in [2.24, 2.45) is 16.6 Å². The lowest BCUT2D eigenvalue weighted by molar-refractivity contribution is 0.111. The van der Waals surface area contributed by atoms with Crippen LogP contribution in [0.3, 0.4) is 0 Å². The summed E-state index contributed by atoms with van der Waals surface area (Å²) in [6.45, 7) is 6.00. The molecule has 1 fully saturated rings. The minimum absolute atomic E-state index is 0.0978. The fourth-order valence-corrected chi connectivity index (χ4v) is 2.32. The van der Waals surface area contributed by atoms with Gasteiger partial charge in [-0.25, -0.2) is 4.99 Å². The van der Waals surface area contributed by atoms with Gasteiger partial charge >= 0.3 is 0 Å². The van der Waals surface area contributed by atoms with Gasteiger partial charge in [0, 0.05) is 6.20 Å². The van der Waals surface area contributed by atoms with Crippen LogP contribution in [0.5, 0.6) is 0 Å². The molecule has 1 aliphatic carbocycles. The van der Waals surface area contributed by atoms with E-state index in [1.165, 1.54) is 0 Å². The third-order valence-corrected chi connectivity index (χ3v) is 3.05. The van der Waals surface area contributed by atoms with Crippen LogP contribution < -0.4 is 5.73 Å². The first-order valence-electron chi connectivity index (χ1n) is 5.25. The van der Waals surface area contributed by atoms with Gasteiger partial charge in [-0.2, -0.15) is 0 Å². The van der Waals surface area contributed by atoms with Gasteiger partial charge in [-0.15, -0.1) is 0 Å². The lowest BCUT2D eigenvalue weighted by Crippen LogP contribution is -2.37. The summed E-state index contributed by atoms with van der Waals surface area (Å²) in [5, 5.41) is 9.90. The molecule has 2 aliphatic rings. The summed E-state index contributed by atoms with van der Waals surface area (Å²) in [7, 11) is 0. The highest BCUT2D eigenvalue weighted by molar-refractivity contribution is 5.92. The minimum Gasteiger partial charge on any atom is -0.391 e. The van der Waals surface area contributed by atoms with Gasteiger partial charge in [-0.3, -0.25) is 0 Å². The Hall–Kier alpha value is -1.29. The second-order valence-electron chi connectivity index (χ2n) is 4.39. The van der Waals surface area contributed by atoms with Gasteiger partial charge < -0.3 is 15.7 Å². The highest BCUT2D eigenvalue weighted by Gasteiger charge is 2.35. The Morgan fingerprint density at radius 1 is 1.60 bits per heavy atom. The third-order valence-electron chi connectivity index (χ3n) is 3.05. The first kappa shape index (κ1) is 10.2. The molecule has 3 atom stereocenters. The average Bonchev–Trinajstić information content (AvgIpc) is 2.45. The van der Waals surface area contributed by atoms with E-state index in [2.05, 4.69) is 18.5 Å². The molecule has 1 aliphatic heterocycles. The Labute approximate surface area is 89.8 Å². The molecule has 82 valence electrons. The number of aliphatic hydroxyl groups is 1. The normalized spacial score (nSPS) is 35.9. The second-order valence-corrected chi connectivity index (χ2v) is 4.39. The van der Waals surface area contributed by atoms with Gasteiger partial charge in [-0.1, -0.05) is 13.5 Å². The molecule has 0 bridgehead atoms. The van der Waals surface area contributed by atoms with Crippen LogP contribution in [0.25, 0.3) is 0 Å². The Morgan fingerprint density at radius 3 is 2.87 bits per heavy atom. The van der Waals surface area contributed by atoms with Gasteiger partial charge in [0.2, 0.25) is 0 Å². The molecular weight excluding hydrogens is 190 g/mol. The van der Waals surface area contributed by atoms with E-state index in [4.69, 9.17) is 5.73 Å². The molecule has 0 spiro atoms. The topological polar surface area (TPSA) is 61.8 Å². The summed E-state index contributed by atoms with van der Waals surface area (Å²) in [5.74, 6) is 1.64. The first-order valence-corrected chi connectivity index (χ1v) is 5.25. The van der Waals surface area contributed by atoms with Crippen molar-refractivity contribution in [2.75, 3.05) is 0 Å². The van der Waals surface area contributed by atoms with Gasteiger partial charge in [0.1, 0.15) is 11.7 Å². The number of nitrogens with two attached hydrogens (primary N) is 1. The number of hydrogen-bond acceptors (Lipinski definition) is 4. The van der Waals surface area contributed by atoms with Crippen LogP contribution in [0, 0.1) is 5.92 Å². The van der Waals surface area contributed by atoms with Crippen LogP contribution in [-0.2, 0) is 0 Å². The quantitative estimate of drug-likeness (QED) is 0.668. The largest absolute Gasteiger partial charge is 0.391 e. The fraction of sp³-hybridized carbons (Fsp3) is 0.545. The fourth-order valence-electron chi connectivity index (χ4n) is 2.32. The van der Waals surface area contributed by atoms with Crippen molar-refractivity contribution in [1.29, 1.82) is 0 Å². The molecule has 0 aromatic rings. The second kappa shape index (κ2) is 3.70. The molecule has 0 aromatic carbocycles. The van der Waals surface area contributed by atoms with Crippen LogP contribution in [-0.4, -0.2) is 28.0 Å². The van der Waals surface area contributed by atoms with Crippen LogP contribution in [0.2, 0.25) is 0 Å². The maximum Gasteiger partial charge on any atom is 0.127 e. The van der Waals surface area contributed by atoms with Crippen molar-refractivity contribution in [2.45, 2.75) is 31.9 Å². The molecule has 15 heavy (non-hydrogen) atoms. The van der Waals surface area contributed by atoms with Gasteiger partial charge in [0.05, 0.1) is 12.1 Å². The molecule has 0 radical (unpaired) electrons. The third kappa shape index (κ3) is 1.90. The van der Waals surface area contributed by atoms with Crippen molar-refractivity contribution in [3.8, 4) is 0 Å². The number of nitrogens with zero attached hydrogens (tertiary/aromatic N) is 2. The number of aliphatic hydroxyl groups excluding tert-OH is 1. The molecule has 1 heterocycles. The van der Waals surface area contributed by atoms with Crippen molar-refractivity contribution in [1.82, 2.24) is 4.90 Å². The molecule has 3 unspecified atom stereocenters. The zero-order valence-electron chi connectivity index (χ0n) is 8.93. The molecular formula is C11H17N3O. The number of amidine groups is 1. The average molecular weight is 207 g/mol. The predicted octanol–water partition coefficient (Wildman–Crippen LogP) is 0.804. The summed E-state index contributed by atoms with van der Waals surface area (Å²) in [4.78, 5) is 6.02. The van der Waals surface area contributed by atoms with E-state index in [-0.39, 0.29) is 12.1 Å². The van der Waals surface area contributed by atoms with E-state index in [1.807, 2.05) is 11.1 Å². The Balaban J connectivity index is 2.13. The summed E-state index contributed by atoms with van der Waals surface area (Å²) < 4.78 is 0. The van der Waals surface area contributed by atoms with Gasteiger partial charge in [0.15, 0.2) is 0 Å². The summed E-state index contributed by atoms with van der Waals surface area (Å²) in [6.07, 6.45) is 5.12. The zero-order valence-corrected chi connectivity index (χ0v) is 8.93. The Morgan fingerprint density at radius 2 is 2.33 bits per heavy atom. The van der Waals surface area contributed by atoms with E-state index in [1.54, 1.807) is 6.08 Å². The van der Waals surface area contributed by atoms with Crippen LogP contribution in [0.4, 0.5) is 0 Å². The maximum atomic E-state index is 9.90. The lowest BCUT2D eigenvalue weighted by atomic mass is 10.1. The summed E-state index contributed by atoms with van der Waals surface area (Å²) >= 11 is 0. The predicted molar refractivity (Wildman–Crippen MR) is 59.9 cm³/mol. The van der Waals surface area contributed by atoms with Gasteiger partial charge in [-0.05, 0) is 24.8 Å². The molecule has 0 saturated heterocycles. The molecule has 2 rings (SSSR count). The van der Waals surface area contributed by atoms with Crippen LogP contribution in [0.1, 0.15) is 19.8 Å². The monoisotopic (exact) mass is 207 g/mol. The van der Waals surface area contributed by atoms with Crippen molar-refractivity contribution >= 4 is 5.84 Å². The molecule has 1 saturated carbocycles. The summed E-state index contributed by atoms with van der Waals surface area (Å²) in [6, 6.07) is 0.0978. The Kier molecular flexibility index (Phi) is 2.52. The van der Waals surface area contributed by atoms with Gasteiger partial charge in [0.25, 0.3) is 0 Å². The lowest BCUT2D eigenvalue weighted by Gasteiger charge is -2.31. The van der Waals surface area contributed by atoms with E-state index < -0.39 is 0 Å². The first-order chi connectivity index (χ1) is 7.08. The molecule has 0 aromatic heterocycles. The standard InChI is InChI=1S/C11H17N3O/c1-7-5-9(10(15)6-7)14-4-3-11(12)13-8(14)2/h3-4,7,9-10,15H,2,5-6H2,1H3,(H2,12,13). The van der Waals surface area contributed by atoms with E-state index in [0.717, 1.165) is 12.8 Å². The van der Waals surface area contributed by atoms with E-state index >= 15 is 0 Å². The maximum absolute atomic E-state index is 9.90. The molecule has 0 amide bonds. The van der Waals surface area contributed by atoms with Crippen LogP contribution >= 0.6 is 0 Å². The Bertz CT molecular complexity index is 335. The number of hydrogen-bond donors (Lipinski definition) is 2. The molecule has 3 N–H and O–H groups in total. The smallest absolute Gasteiger partial charge is 0.127 e. The SMILES string of the molecule is C=C1N=C(N)C=CN1C1CC(C)CC1O. The van der Waals surface area contributed by atoms with Crippen molar-refractivity contribution in [3.63, 3.8) is 0 Å². The summed E-state index contributed by atoms with van der Waals surface area (Å²) in [5.41, 5.74) is 5.56. The zero-order chi connectivity index (χ0) is 11.0. The van der Waals surface area contributed by atoms with E-state index in [9.17, 15) is 5.11 Å². The van der Waals surface area contributed by atoms with Crippen LogP contribution in [0.15, 0.2) is 29.7 Å². The van der Waals surface area contributed by atoms with Crippen molar-refractivity contribution in [3.05, 3.63) is 24.7 Å². The van der Waals surface area contributed by atoms with E-state index in [0.29, 0.717) is 17.6 Å².